The fourth-order valence-electron chi connectivity index (χ4n) is 5.21. The second kappa shape index (κ2) is 11.2. The molecule has 1 aromatic heterocycles. The average Bonchev–Trinajstić information content (AvgIpc) is 3.60. The first kappa shape index (κ1) is 28.6. The molecule has 11 heteroatoms. The maximum atomic E-state index is 16.0. The van der Waals surface area contributed by atoms with Gasteiger partial charge in [0.1, 0.15) is 27.9 Å². The Morgan fingerprint density at radius 3 is 2.56 bits per heavy atom. The Bertz CT molecular complexity index is 1690. The smallest absolute Gasteiger partial charge is 0.253 e. The molecule has 0 radical (unpaired) electrons. The van der Waals surface area contributed by atoms with E-state index >= 15 is 4.39 Å². The second-order valence-electron chi connectivity index (χ2n) is 10.5. The molecule has 8 nitrogen and oxygen atoms in total. The van der Waals surface area contributed by atoms with Crippen molar-refractivity contribution < 1.29 is 18.7 Å². The maximum Gasteiger partial charge on any atom is 0.253 e. The number of likely N-dealkylation sites (tertiary alicyclic amines) is 1. The highest BCUT2D eigenvalue weighted by Gasteiger charge is 2.28. The van der Waals surface area contributed by atoms with Crippen molar-refractivity contribution in [3.63, 3.8) is 0 Å². The lowest BCUT2D eigenvalue weighted by molar-refractivity contribution is 0.0125. The van der Waals surface area contributed by atoms with E-state index in [1.54, 1.807) is 35.2 Å². The summed E-state index contributed by atoms with van der Waals surface area (Å²) >= 11 is 6.56. The molecule has 1 atom stereocenters. The molecular formula is C30H29ClF2N6O2. The number of nitrogens with zero attached hydrogens (tertiary/aromatic N) is 5. The van der Waals surface area contributed by atoms with E-state index in [-0.39, 0.29) is 40.2 Å². The second-order valence-corrected chi connectivity index (χ2v) is 10.8. The van der Waals surface area contributed by atoms with Crippen LogP contribution in [0.15, 0.2) is 42.5 Å². The molecule has 3 aromatic carbocycles. The number of aliphatic hydroxyl groups is 1. The molecule has 1 aliphatic heterocycles. The van der Waals surface area contributed by atoms with Crippen molar-refractivity contribution in [1.29, 1.82) is 5.26 Å². The number of carbonyl (C=O) groups is 1. The molecule has 41 heavy (non-hydrogen) atoms. The maximum absolute atomic E-state index is 16.0. The number of nitriles is 1. The summed E-state index contributed by atoms with van der Waals surface area (Å²) in [5, 5.41) is 28.1. The summed E-state index contributed by atoms with van der Waals surface area (Å²) in [4.78, 5) is 14.9. The molecule has 1 amide bonds. The van der Waals surface area contributed by atoms with Crippen LogP contribution in [0.3, 0.4) is 0 Å². The number of fused-ring (bicyclic) bond motifs is 1. The number of hydrogen-bond acceptors (Lipinski definition) is 6. The van der Waals surface area contributed by atoms with Crippen LogP contribution in [0.25, 0.3) is 33.3 Å². The molecule has 212 valence electrons. The number of carbonyl (C=O) groups excluding carboxylic acids is 1. The van der Waals surface area contributed by atoms with E-state index in [0.717, 1.165) is 0 Å². The van der Waals surface area contributed by atoms with E-state index in [9.17, 15) is 19.6 Å². The Morgan fingerprint density at radius 1 is 1.17 bits per heavy atom. The van der Waals surface area contributed by atoms with Gasteiger partial charge in [-0.1, -0.05) is 42.8 Å². The highest BCUT2D eigenvalue weighted by molar-refractivity contribution is 6.35. The number of nitrogens with two attached hydrogens (primary N) is 1. The third-order valence-corrected chi connectivity index (χ3v) is 8.25. The molecule has 0 unspecified atom stereocenters. The van der Waals surface area contributed by atoms with E-state index in [4.69, 9.17) is 17.3 Å². The zero-order chi connectivity index (χ0) is 29.5. The third kappa shape index (κ3) is 5.28. The summed E-state index contributed by atoms with van der Waals surface area (Å²) < 4.78 is 32.2. The van der Waals surface area contributed by atoms with Crippen molar-refractivity contribution in [3.8, 4) is 28.3 Å². The van der Waals surface area contributed by atoms with Crippen LogP contribution < -0.4 is 5.73 Å². The summed E-state index contributed by atoms with van der Waals surface area (Å²) in [5.74, 6) is -1.73. The first-order valence-corrected chi connectivity index (χ1v) is 13.8. The van der Waals surface area contributed by atoms with Crippen LogP contribution in [-0.2, 0) is 6.54 Å². The van der Waals surface area contributed by atoms with Gasteiger partial charge in [-0.15, -0.1) is 5.10 Å². The van der Waals surface area contributed by atoms with E-state index in [1.807, 2.05) is 13.8 Å². The van der Waals surface area contributed by atoms with Crippen molar-refractivity contribution in [2.24, 2.45) is 5.73 Å². The van der Waals surface area contributed by atoms with Crippen molar-refractivity contribution in [1.82, 2.24) is 19.9 Å². The molecule has 0 spiro atoms. The molecule has 1 aliphatic rings. The van der Waals surface area contributed by atoms with Crippen LogP contribution in [0.2, 0.25) is 5.02 Å². The van der Waals surface area contributed by atoms with Crippen molar-refractivity contribution in [3.05, 3.63) is 70.2 Å². The zero-order valence-electron chi connectivity index (χ0n) is 22.7. The number of aromatic nitrogens is 3. The van der Waals surface area contributed by atoms with E-state index in [0.29, 0.717) is 60.1 Å². The Labute approximate surface area is 240 Å². The van der Waals surface area contributed by atoms with Crippen LogP contribution in [0, 0.1) is 23.0 Å². The van der Waals surface area contributed by atoms with Crippen LogP contribution in [0.5, 0.6) is 0 Å². The predicted octanol–water partition coefficient (Wildman–Crippen LogP) is 5.29. The Kier molecular flexibility index (Phi) is 7.79. The number of amides is 1. The first-order chi connectivity index (χ1) is 19.6. The van der Waals surface area contributed by atoms with Crippen molar-refractivity contribution in [2.45, 2.75) is 51.3 Å². The van der Waals surface area contributed by atoms with Gasteiger partial charge in [-0.25, -0.2) is 13.5 Å². The van der Waals surface area contributed by atoms with Crippen LogP contribution >= 0.6 is 11.6 Å². The summed E-state index contributed by atoms with van der Waals surface area (Å²) in [6.07, 6.45) is 1.61. The van der Waals surface area contributed by atoms with Gasteiger partial charge >= 0.3 is 0 Å². The normalized spacial score (nSPS) is 15.5. The van der Waals surface area contributed by atoms with Crippen LogP contribution in [-0.4, -0.2) is 55.6 Å². The highest BCUT2D eigenvalue weighted by atomic mass is 35.5. The predicted molar refractivity (Wildman–Crippen MR) is 152 cm³/mol. The van der Waals surface area contributed by atoms with E-state index in [1.165, 1.54) is 22.9 Å². The SMILES string of the molecule is CCC(O)(CC)Cn1nnc2cc(-c3ccc(C(=O)N4CC[C@H](N)C4)cc3-c3ccc(C#N)c(F)c3)c(F)c(Cl)c21. The van der Waals surface area contributed by atoms with Gasteiger partial charge in [0, 0.05) is 30.3 Å². The quantitative estimate of drug-likeness (QED) is 0.307. The van der Waals surface area contributed by atoms with E-state index in [2.05, 4.69) is 10.3 Å². The molecule has 4 aromatic rings. The fraction of sp³-hybridized carbons (Fsp3) is 0.333. The Balaban J connectivity index is 1.67. The van der Waals surface area contributed by atoms with Gasteiger partial charge in [-0.2, -0.15) is 5.26 Å². The summed E-state index contributed by atoms with van der Waals surface area (Å²) in [7, 11) is 0. The minimum Gasteiger partial charge on any atom is -0.388 e. The van der Waals surface area contributed by atoms with Crippen LogP contribution in [0.1, 0.15) is 49.0 Å². The lowest BCUT2D eigenvalue weighted by Crippen LogP contribution is -2.33. The average molecular weight is 579 g/mol. The van der Waals surface area contributed by atoms with Gasteiger partial charge in [0.15, 0.2) is 5.82 Å². The largest absolute Gasteiger partial charge is 0.388 e. The van der Waals surface area contributed by atoms with Gasteiger partial charge in [0.05, 0.1) is 17.7 Å². The number of benzene rings is 3. The van der Waals surface area contributed by atoms with Gasteiger partial charge in [-0.3, -0.25) is 4.79 Å². The zero-order valence-corrected chi connectivity index (χ0v) is 23.4. The lowest BCUT2D eigenvalue weighted by atomic mass is 9.91. The lowest BCUT2D eigenvalue weighted by Gasteiger charge is -2.25. The molecular weight excluding hydrogens is 550 g/mol. The molecule has 0 saturated carbocycles. The molecule has 2 heterocycles. The highest BCUT2D eigenvalue weighted by Crippen LogP contribution is 2.40. The molecule has 0 bridgehead atoms. The van der Waals surface area contributed by atoms with Gasteiger partial charge in [0.25, 0.3) is 5.91 Å². The van der Waals surface area contributed by atoms with Crippen molar-refractivity contribution in [2.75, 3.05) is 13.1 Å². The summed E-state index contributed by atoms with van der Waals surface area (Å²) in [6.45, 7) is 4.72. The first-order valence-electron chi connectivity index (χ1n) is 13.4. The Hall–Kier alpha value is -3.91. The minimum absolute atomic E-state index is 0.0813. The van der Waals surface area contributed by atoms with Crippen molar-refractivity contribution >= 4 is 28.5 Å². The third-order valence-electron chi connectivity index (χ3n) is 7.91. The van der Waals surface area contributed by atoms with Gasteiger partial charge in [-0.05, 0) is 66.3 Å². The van der Waals surface area contributed by atoms with Crippen LogP contribution in [0.4, 0.5) is 8.78 Å². The standard InChI is InChI=1S/C30H29ClF2N6O2/c1-3-30(41,4-2)16-39-28-25(36-37-39)13-23(27(33)26(28)31)21-8-7-18(29(40)38-10-9-20(35)15-38)11-22(21)17-5-6-19(14-34)24(32)12-17/h5-8,11-13,20,41H,3-4,9-10,15-16,35H2,1-2H3/t20-/m0/s1. The minimum atomic E-state index is -1.06. The number of halogens is 3. The fourth-order valence-corrected chi connectivity index (χ4v) is 5.51. The molecule has 5 rings (SSSR count). The van der Waals surface area contributed by atoms with Gasteiger partial charge < -0.3 is 15.7 Å². The molecule has 3 N–H and O–H groups in total. The Morgan fingerprint density at radius 2 is 1.93 bits per heavy atom. The molecule has 0 aliphatic carbocycles. The summed E-state index contributed by atoms with van der Waals surface area (Å²) in [5.41, 5.74) is 6.82. The number of rotatable bonds is 7. The molecule has 1 saturated heterocycles. The summed E-state index contributed by atoms with van der Waals surface area (Å²) in [6, 6.07) is 12.0. The topological polar surface area (TPSA) is 121 Å². The molecule has 1 fully saturated rings. The van der Waals surface area contributed by atoms with E-state index < -0.39 is 17.2 Å². The van der Waals surface area contributed by atoms with Gasteiger partial charge in [0.2, 0.25) is 0 Å². The monoisotopic (exact) mass is 578 g/mol. The number of hydrogen-bond donors (Lipinski definition) is 2.